The maximum atomic E-state index is 14.8. The third-order valence-electron chi connectivity index (χ3n) is 5.84. The van der Waals surface area contributed by atoms with E-state index >= 15 is 0 Å². The van der Waals surface area contributed by atoms with Crippen LogP contribution in [0.5, 0.6) is 5.88 Å². The van der Waals surface area contributed by atoms with Gasteiger partial charge in [-0.3, -0.25) is 0 Å². The number of benzene rings is 1. The summed E-state index contributed by atoms with van der Waals surface area (Å²) < 4.78 is 31.7. The van der Waals surface area contributed by atoms with Crippen LogP contribution in [0.15, 0.2) is 24.3 Å². The molecule has 0 bridgehead atoms. The van der Waals surface area contributed by atoms with Crippen LogP contribution >= 0.6 is 0 Å². The van der Waals surface area contributed by atoms with Crippen LogP contribution in [0.1, 0.15) is 37.7 Å². The zero-order chi connectivity index (χ0) is 18.9. The highest BCUT2D eigenvalue weighted by Crippen LogP contribution is 2.35. The normalized spacial score (nSPS) is 21.0. The van der Waals surface area contributed by atoms with Gasteiger partial charge in [0.2, 0.25) is 5.88 Å². The molecule has 2 fully saturated rings. The number of methoxy groups -OCH3 is 1. The molecule has 2 aromatic rings. The van der Waals surface area contributed by atoms with Gasteiger partial charge in [0.15, 0.2) is 5.79 Å². The topological polar surface area (TPSA) is 43.8 Å². The van der Waals surface area contributed by atoms with Crippen LogP contribution in [0, 0.1) is 5.82 Å². The van der Waals surface area contributed by atoms with Gasteiger partial charge in [-0.05, 0) is 24.6 Å². The van der Waals surface area contributed by atoms with Crippen molar-refractivity contribution in [1.29, 1.82) is 0 Å². The molecule has 2 aliphatic rings. The Morgan fingerprint density at radius 3 is 2.56 bits per heavy atom. The fraction of sp³-hybridized carbons (Fsp3) is 0.571. The van der Waals surface area contributed by atoms with Gasteiger partial charge in [0, 0.05) is 55.4 Å². The highest BCUT2D eigenvalue weighted by Gasteiger charge is 2.40. The Hall–Kier alpha value is -1.76. The molecule has 0 radical (unpaired) electrons. The molecule has 1 aromatic carbocycles. The summed E-state index contributed by atoms with van der Waals surface area (Å²) in [6.45, 7) is 6.09. The number of halogens is 1. The maximum Gasteiger partial charge on any atom is 0.213 e. The van der Waals surface area contributed by atoms with E-state index in [9.17, 15) is 4.39 Å². The van der Waals surface area contributed by atoms with Gasteiger partial charge in [0.05, 0.1) is 25.8 Å². The molecule has 146 valence electrons. The molecule has 5 nitrogen and oxygen atoms in total. The summed E-state index contributed by atoms with van der Waals surface area (Å²) in [4.78, 5) is 6.95. The molecular formula is C21H27FN2O3. The fourth-order valence-electron chi connectivity index (χ4n) is 4.27. The number of piperidine rings is 1. The third kappa shape index (κ3) is 3.66. The molecule has 3 heterocycles. The van der Waals surface area contributed by atoms with Crippen LogP contribution < -0.4 is 4.74 Å². The van der Waals surface area contributed by atoms with Crippen molar-refractivity contribution >= 4 is 10.9 Å². The second-order valence-corrected chi connectivity index (χ2v) is 7.40. The van der Waals surface area contributed by atoms with Crippen LogP contribution in [0.4, 0.5) is 4.39 Å². The quantitative estimate of drug-likeness (QED) is 0.798. The largest absolute Gasteiger partial charge is 0.481 e. The minimum Gasteiger partial charge on any atom is -0.481 e. The molecule has 0 N–H and O–H groups in total. The van der Waals surface area contributed by atoms with E-state index in [0.717, 1.165) is 44.3 Å². The second kappa shape index (κ2) is 7.70. The van der Waals surface area contributed by atoms with E-state index in [2.05, 4.69) is 16.8 Å². The van der Waals surface area contributed by atoms with E-state index in [0.29, 0.717) is 30.2 Å². The molecule has 1 atom stereocenters. The Morgan fingerprint density at radius 2 is 1.89 bits per heavy atom. The van der Waals surface area contributed by atoms with Gasteiger partial charge in [-0.2, -0.15) is 0 Å². The van der Waals surface area contributed by atoms with Gasteiger partial charge >= 0.3 is 0 Å². The van der Waals surface area contributed by atoms with Crippen LogP contribution in [-0.4, -0.2) is 55.6 Å². The van der Waals surface area contributed by atoms with E-state index in [1.807, 2.05) is 12.1 Å². The number of aromatic nitrogens is 1. The number of nitrogens with zero attached hydrogens (tertiary/aromatic N) is 2. The molecule has 2 saturated heterocycles. The first-order valence-electron chi connectivity index (χ1n) is 9.77. The van der Waals surface area contributed by atoms with Crippen molar-refractivity contribution < 1.29 is 18.6 Å². The Bertz CT molecular complexity index is 797. The smallest absolute Gasteiger partial charge is 0.213 e. The summed E-state index contributed by atoms with van der Waals surface area (Å²) in [7, 11) is 1.58. The molecule has 0 aliphatic carbocycles. The predicted molar refractivity (Wildman–Crippen MR) is 102 cm³/mol. The lowest BCUT2D eigenvalue weighted by Crippen LogP contribution is -2.46. The van der Waals surface area contributed by atoms with Crippen molar-refractivity contribution in [2.45, 2.75) is 37.9 Å². The van der Waals surface area contributed by atoms with E-state index in [1.165, 1.54) is 0 Å². The van der Waals surface area contributed by atoms with Gasteiger partial charge in [-0.15, -0.1) is 0 Å². The molecule has 0 saturated carbocycles. The SMILES string of the molecule is CC[C@@H](CN1CCC2(CC1)OCCO2)c1c(F)ccc2ccc(OC)nc12. The molecule has 2 aliphatic heterocycles. The van der Waals surface area contributed by atoms with Gasteiger partial charge < -0.3 is 19.1 Å². The Labute approximate surface area is 159 Å². The first-order chi connectivity index (χ1) is 13.1. The van der Waals surface area contributed by atoms with Crippen molar-refractivity contribution in [3.05, 3.63) is 35.6 Å². The number of hydrogen-bond donors (Lipinski definition) is 0. The molecular weight excluding hydrogens is 347 g/mol. The standard InChI is InChI=1S/C21H27FN2O3/c1-3-15(14-24-10-8-21(9-11-24)26-12-13-27-21)19-17(22)6-4-16-5-7-18(25-2)23-20(16)19/h4-7,15H,3,8-14H2,1-2H3/t15-/m0/s1. The van der Waals surface area contributed by atoms with Crippen LogP contribution in [-0.2, 0) is 9.47 Å². The molecule has 27 heavy (non-hydrogen) atoms. The molecule has 1 aromatic heterocycles. The Morgan fingerprint density at radius 1 is 1.19 bits per heavy atom. The molecule has 1 spiro atoms. The highest BCUT2D eigenvalue weighted by atomic mass is 19.1. The van der Waals surface area contributed by atoms with E-state index < -0.39 is 0 Å². The van der Waals surface area contributed by atoms with E-state index in [1.54, 1.807) is 19.2 Å². The molecule has 6 heteroatoms. The lowest BCUT2D eigenvalue weighted by molar-refractivity contribution is -0.185. The van der Waals surface area contributed by atoms with Gasteiger partial charge in [-0.25, -0.2) is 9.37 Å². The summed E-state index contributed by atoms with van der Waals surface area (Å²) in [6, 6.07) is 7.10. The second-order valence-electron chi connectivity index (χ2n) is 7.40. The number of ether oxygens (including phenoxy) is 3. The number of fused-ring (bicyclic) bond motifs is 1. The lowest BCUT2D eigenvalue weighted by Gasteiger charge is -2.39. The van der Waals surface area contributed by atoms with Crippen LogP contribution in [0.3, 0.4) is 0 Å². The first-order valence-corrected chi connectivity index (χ1v) is 9.77. The Kier molecular flexibility index (Phi) is 5.30. The summed E-state index contributed by atoms with van der Waals surface area (Å²) in [5, 5.41) is 0.941. The number of hydrogen-bond acceptors (Lipinski definition) is 5. The van der Waals surface area contributed by atoms with Crippen LogP contribution in [0.2, 0.25) is 0 Å². The average molecular weight is 374 g/mol. The third-order valence-corrected chi connectivity index (χ3v) is 5.84. The Balaban J connectivity index is 1.56. The van der Waals surface area contributed by atoms with Gasteiger partial charge in [-0.1, -0.05) is 6.92 Å². The van der Waals surface area contributed by atoms with Crippen molar-refractivity contribution in [3.8, 4) is 5.88 Å². The maximum absolute atomic E-state index is 14.8. The number of pyridine rings is 1. The molecule has 0 amide bonds. The fourth-order valence-corrected chi connectivity index (χ4v) is 4.27. The van der Waals surface area contributed by atoms with E-state index in [-0.39, 0.29) is 17.5 Å². The van der Waals surface area contributed by atoms with Gasteiger partial charge in [0.25, 0.3) is 0 Å². The zero-order valence-electron chi connectivity index (χ0n) is 16.0. The minimum atomic E-state index is -0.377. The van der Waals surface area contributed by atoms with Crippen molar-refractivity contribution in [3.63, 3.8) is 0 Å². The first kappa shape index (κ1) is 18.6. The zero-order valence-corrected chi connectivity index (χ0v) is 16.0. The van der Waals surface area contributed by atoms with E-state index in [4.69, 9.17) is 14.2 Å². The average Bonchev–Trinajstić information content (AvgIpc) is 3.16. The summed E-state index contributed by atoms with van der Waals surface area (Å²) >= 11 is 0. The minimum absolute atomic E-state index is 0.0766. The summed E-state index contributed by atoms with van der Waals surface area (Å²) in [5.74, 6) is 0.0242. The lowest BCUT2D eigenvalue weighted by atomic mass is 9.91. The summed E-state index contributed by atoms with van der Waals surface area (Å²) in [6.07, 6.45) is 2.59. The highest BCUT2D eigenvalue weighted by molar-refractivity contribution is 5.83. The molecule has 4 rings (SSSR count). The predicted octanol–water partition coefficient (Wildman–Crippen LogP) is 3.72. The van der Waals surface area contributed by atoms with Crippen molar-refractivity contribution in [2.24, 2.45) is 0 Å². The summed E-state index contributed by atoms with van der Waals surface area (Å²) in [5.41, 5.74) is 1.40. The number of rotatable bonds is 5. The van der Waals surface area contributed by atoms with Crippen molar-refractivity contribution in [2.75, 3.05) is 40.0 Å². The van der Waals surface area contributed by atoms with Gasteiger partial charge in [0.1, 0.15) is 5.82 Å². The molecule has 0 unspecified atom stereocenters. The number of likely N-dealkylation sites (tertiary alicyclic amines) is 1. The van der Waals surface area contributed by atoms with Crippen LogP contribution in [0.25, 0.3) is 10.9 Å². The monoisotopic (exact) mass is 374 g/mol. The van der Waals surface area contributed by atoms with Crippen molar-refractivity contribution in [1.82, 2.24) is 9.88 Å².